The van der Waals surface area contributed by atoms with Gasteiger partial charge in [0.1, 0.15) is 0 Å². The Hall–Kier alpha value is -1.64. The van der Waals surface area contributed by atoms with Crippen molar-refractivity contribution in [2.75, 3.05) is 0 Å². The van der Waals surface area contributed by atoms with Crippen LogP contribution in [0, 0.1) is 0 Å². The van der Waals surface area contributed by atoms with Crippen molar-refractivity contribution >= 4 is 24.4 Å². The van der Waals surface area contributed by atoms with Gasteiger partial charge in [-0.1, -0.05) is 101 Å². The van der Waals surface area contributed by atoms with E-state index >= 15 is 0 Å². The normalized spacial score (nSPS) is 10.3. The molecule has 144 valence electrons. The van der Waals surface area contributed by atoms with Crippen LogP contribution in [0.1, 0.15) is 41.5 Å². The summed E-state index contributed by atoms with van der Waals surface area (Å²) < 4.78 is 0. The van der Waals surface area contributed by atoms with Crippen molar-refractivity contribution in [2.45, 2.75) is 51.3 Å². The van der Waals surface area contributed by atoms with E-state index in [4.69, 9.17) is 0 Å². The van der Waals surface area contributed by atoms with Crippen molar-refractivity contribution in [3.05, 3.63) is 97.0 Å². The number of rotatable bonds is 6. The van der Waals surface area contributed by atoms with Crippen molar-refractivity contribution in [3.8, 4) is 0 Å². The maximum Gasteiger partial charge on any atom is 0.0123 e. The van der Waals surface area contributed by atoms with E-state index in [1.54, 1.807) is 23.9 Å². The van der Waals surface area contributed by atoms with E-state index in [1.807, 2.05) is 90.1 Å². The van der Waals surface area contributed by atoms with E-state index in [1.165, 1.54) is 9.80 Å². The van der Waals surface area contributed by atoms with Gasteiger partial charge in [-0.15, -0.1) is 12.6 Å². The zero-order valence-electron chi connectivity index (χ0n) is 17.3. The fourth-order valence-corrected chi connectivity index (χ4v) is 2.37. The lowest BCUT2D eigenvalue weighted by Gasteiger charge is -2.01. The highest BCUT2D eigenvalue weighted by molar-refractivity contribution is 8.03. The van der Waals surface area contributed by atoms with Crippen molar-refractivity contribution in [1.82, 2.24) is 0 Å². The van der Waals surface area contributed by atoms with Crippen LogP contribution >= 0.6 is 24.4 Å². The van der Waals surface area contributed by atoms with Gasteiger partial charge in [-0.05, 0) is 44.2 Å². The number of hydrogen-bond donors (Lipinski definition) is 1. The molecule has 0 heterocycles. The number of allylic oxidation sites excluding steroid dienone is 9. The fraction of sp³-hybridized carbons (Fsp3) is 0.250. The Morgan fingerprint density at radius 1 is 0.846 bits per heavy atom. The molecular weight excluding hydrogens is 352 g/mol. The van der Waals surface area contributed by atoms with Crippen molar-refractivity contribution in [2.24, 2.45) is 0 Å². The molecule has 0 unspecified atom stereocenters. The van der Waals surface area contributed by atoms with Crippen LogP contribution in [0.4, 0.5) is 0 Å². The van der Waals surface area contributed by atoms with Gasteiger partial charge in [0.25, 0.3) is 0 Å². The van der Waals surface area contributed by atoms with E-state index in [2.05, 4.69) is 44.0 Å². The summed E-state index contributed by atoms with van der Waals surface area (Å²) in [7, 11) is 0. The molecule has 0 fully saturated rings. The maximum absolute atomic E-state index is 4.25. The SMILES string of the molecule is C=C/C=C(\C=C/C)Sc1ccc(S)cc1.C=C/C=C\C=C/C.CC.CC. The molecule has 0 aliphatic carbocycles. The quantitative estimate of drug-likeness (QED) is 0.288. The van der Waals surface area contributed by atoms with Gasteiger partial charge >= 0.3 is 0 Å². The highest BCUT2D eigenvalue weighted by atomic mass is 32.2. The number of thioether (sulfide) groups is 1. The average molecular weight is 389 g/mol. The van der Waals surface area contributed by atoms with Crippen LogP contribution in [0.2, 0.25) is 0 Å². The second-order valence-corrected chi connectivity index (χ2v) is 5.71. The molecule has 0 aliphatic rings. The van der Waals surface area contributed by atoms with Crippen LogP contribution in [-0.2, 0) is 0 Å². The molecule has 0 saturated heterocycles. The first-order chi connectivity index (χ1) is 12.7. The second-order valence-electron chi connectivity index (χ2n) is 4.05. The average Bonchev–Trinajstić information content (AvgIpc) is 2.68. The van der Waals surface area contributed by atoms with Gasteiger partial charge in [0.05, 0.1) is 0 Å². The summed E-state index contributed by atoms with van der Waals surface area (Å²) in [4.78, 5) is 3.37. The Kier molecular flexibility index (Phi) is 28.7. The van der Waals surface area contributed by atoms with Crippen molar-refractivity contribution < 1.29 is 0 Å². The molecule has 0 amide bonds. The summed E-state index contributed by atoms with van der Waals surface area (Å²) in [5.74, 6) is 0. The lowest BCUT2D eigenvalue weighted by Crippen LogP contribution is -1.73. The molecule has 0 radical (unpaired) electrons. The van der Waals surface area contributed by atoms with Gasteiger partial charge in [-0.3, -0.25) is 0 Å². The monoisotopic (exact) mass is 388 g/mol. The van der Waals surface area contributed by atoms with Crippen LogP contribution in [0.15, 0.2) is 107 Å². The molecule has 1 rings (SSSR count). The molecule has 0 bridgehead atoms. The summed E-state index contributed by atoms with van der Waals surface area (Å²) in [5, 5.41) is 0. The minimum absolute atomic E-state index is 0.986. The molecule has 0 aliphatic heterocycles. The standard InChI is InChI=1S/C13H14S2.C7H10.2C2H6/c1-3-5-12(6-4-2)15-13-9-7-11(14)8-10-13;1-3-5-7-6-4-2;2*1-2/h3-10,14H,1H2,2H3;3-7H,1H2,2H3;2*1-2H3/b6-4-,12-5+;6-4-,7-5-;;. The highest BCUT2D eigenvalue weighted by Gasteiger charge is 1.96. The Morgan fingerprint density at radius 3 is 1.85 bits per heavy atom. The van der Waals surface area contributed by atoms with Crippen LogP contribution in [0.25, 0.3) is 0 Å². The van der Waals surface area contributed by atoms with Gasteiger partial charge in [-0.2, -0.15) is 0 Å². The number of hydrogen-bond acceptors (Lipinski definition) is 2. The molecule has 0 atom stereocenters. The summed E-state index contributed by atoms with van der Waals surface area (Å²) >= 11 is 5.97. The summed E-state index contributed by atoms with van der Waals surface area (Å²) in [6, 6.07) is 8.11. The topological polar surface area (TPSA) is 0 Å². The zero-order chi connectivity index (χ0) is 20.6. The predicted octanol–water partition coefficient (Wildman–Crippen LogP) is 9.07. The molecule has 0 spiro atoms. The molecule has 0 saturated carbocycles. The van der Waals surface area contributed by atoms with E-state index in [0.29, 0.717) is 0 Å². The first kappa shape index (κ1) is 29.1. The second kappa shape index (κ2) is 25.6. The lowest BCUT2D eigenvalue weighted by molar-refractivity contribution is 1.36. The van der Waals surface area contributed by atoms with Crippen LogP contribution in [-0.4, -0.2) is 0 Å². The fourth-order valence-electron chi connectivity index (χ4n) is 1.31. The Labute approximate surface area is 172 Å². The van der Waals surface area contributed by atoms with Gasteiger partial charge in [0, 0.05) is 14.7 Å². The van der Waals surface area contributed by atoms with Crippen LogP contribution < -0.4 is 0 Å². The van der Waals surface area contributed by atoms with Gasteiger partial charge in [-0.25, -0.2) is 0 Å². The van der Waals surface area contributed by atoms with E-state index < -0.39 is 0 Å². The van der Waals surface area contributed by atoms with E-state index in [9.17, 15) is 0 Å². The molecule has 1 aromatic carbocycles. The summed E-state index contributed by atoms with van der Waals surface area (Å²) in [6.45, 7) is 19.2. The summed E-state index contributed by atoms with van der Waals surface area (Å²) in [6.07, 6.45) is 17.4. The van der Waals surface area contributed by atoms with Gasteiger partial charge < -0.3 is 0 Å². The first-order valence-corrected chi connectivity index (χ1v) is 10.3. The van der Waals surface area contributed by atoms with Crippen molar-refractivity contribution in [3.63, 3.8) is 0 Å². The number of thiol groups is 1. The minimum Gasteiger partial charge on any atom is -0.143 e. The minimum atomic E-state index is 0.986. The third-order valence-corrected chi connectivity index (χ3v) is 3.55. The smallest absolute Gasteiger partial charge is 0.0123 e. The summed E-state index contributed by atoms with van der Waals surface area (Å²) in [5.41, 5.74) is 0. The molecular formula is C24H36S2. The van der Waals surface area contributed by atoms with E-state index in [0.717, 1.165) is 4.90 Å². The Balaban J connectivity index is -0.000000405. The van der Waals surface area contributed by atoms with Gasteiger partial charge in [0.2, 0.25) is 0 Å². The third-order valence-electron chi connectivity index (χ3n) is 2.24. The lowest BCUT2D eigenvalue weighted by atomic mass is 10.4. The van der Waals surface area contributed by atoms with Gasteiger partial charge in [0.15, 0.2) is 0 Å². The first-order valence-electron chi connectivity index (χ1n) is 9.00. The molecule has 2 heteroatoms. The molecule has 0 nitrogen and oxygen atoms in total. The zero-order valence-corrected chi connectivity index (χ0v) is 19.0. The largest absolute Gasteiger partial charge is 0.143 e. The molecule has 0 N–H and O–H groups in total. The van der Waals surface area contributed by atoms with Crippen LogP contribution in [0.5, 0.6) is 0 Å². The molecule has 0 aromatic heterocycles. The third kappa shape index (κ3) is 20.4. The predicted molar refractivity (Wildman–Crippen MR) is 129 cm³/mol. The number of benzene rings is 1. The Bertz CT molecular complexity index is 544. The highest BCUT2D eigenvalue weighted by Crippen LogP contribution is 2.28. The van der Waals surface area contributed by atoms with Crippen LogP contribution in [0.3, 0.4) is 0 Å². The maximum atomic E-state index is 4.25. The van der Waals surface area contributed by atoms with E-state index in [-0.39, 0.29) is 0 Å². The molecule has 1 aromatic rings. The molecule has 26 heavy (non-hydrogen) atoms. The van der Waals surface area contributed by atoms with Crippen molar-refractivity contribution in [1.29, 1.82) is 0 Å². The Morgan fingerprint density at radius 2 is 1.42 bits per heavy atom.